The van der Waals surface area contributed by atoms with Crippen LogP contribution in [0.2, 0.25) is 0 Å². The highest BCUT2D eigenvalue weighted by atomic mass is 32.1. The van der Waals surface area contributed by atoms with E-state index in [0.717, 1.165) is 6.42 Å². The van der Waals surface area contributed by atoms with Crippen LogP contribution in [0.5, 0.6) is 0 Å². The lowest BCUT2D eigenvalue weighted by Gasteiger charge is -2.11. The minimum absolute atomic E-state index is 0.0372. The summed E-state index contributed by atoms with van der Waals surface area (Å²) in [4.78, 5) is 40.3. The second-order valence-corrected chi connectivity index (χ2v) is 7.51. The number of thiophene rings is 1. The van der Waals surface area contributed by atoms with Crippen molar-refractivity contribution in [1.82, 2.24) is 30.4 Å². The van der Waals surface area contributed by atoms with Gasteiger partial charge in [0.1, 0.15) is 6.54 Å². The Morgan fingerprint density at radius 3 is 2.48 bits per heavy atom. The third kappa shape index (κ3) is 4.21. The molecule has 0 spiro atoms. The van der Waals surface area contributed by atoms with Crippen molar-refractivity contribution in [2.24, 2.45) is 0 Å². The van der Waals surface area contributed by atoms with E-state index in [4.69, 9.17) is 0 Å². The van der Waals surface area contributed by atoms with Crippen molar-refractivity contribution in [3.05, 3.63) is 63.6 Å². The lowest BCUT2D eigenvalue weighted by Crippen LogP contribution is -2.32. The number of nitrogens with zero attached hydrogens (tertiary/aromatic N) is 5. The third-order valence-electron chi connectivity index (χ3n) is 4.49. The van der Waals surface area contributed by atoms with Crippen LogP contribution >= 0.6 is 11.3 Å². The highest BCUT2D eigenvalue weighted by molar-refractivity contribution is 7.09. The maximum Gasteiger partial charge on any atom is 0.261 e. The van der Waals surface area contributed by atoms with Gasteiger partial charge in [-0.1, -0.05) is 18.2 Å². The number of imide groups is 1. The molecule has 2 aromatic heterocycles. The van der Waals surface area contributed by atoms with Gasteiger partial charge in [-0.25, -0.2) is 0 Å². The van der Waals surface area contributed by atoms with Crippen molar-refractivity contribution in [2.45, 2.75) is 19.4 Å². The van der Waals surface area contributed by atoms with Crippen molar-refractivity contribution < 1.29 is 14.4 Å². The average Bonchev–Trinajstić information content (AvgIpc) is 3.44. The van der Waals surface area contributed by atoms with Crippen LogP contribution in [0, 0.1) is 0 Å². The number of hydrogen-bond acceptors (Lipinski definition) is 7. The Morgan fingerprint density at radius 1 is 1.03 bits per heavy atom. The summed E-state index contributed by atoms with van der Waals surface area (Å²) in [6.45, 7) is 0.663. The zero-order valence-corrected chi connectivity index (χ0v) is 16.3. The van der Waals surface area contributed by atoms with Gasteiger partial charge < -0.3 is 5.32 Å². The molecule has 10 heteroatoms. The van der Waals surface area contributed by atoms with Crippen LogP contribution in [-0.2, 0) is 24.2 Å². The van der Waals surface area contributed by atoms with Crippen LogP contribution in [0.1, 0.15) is 31.4 Å². The monoisotopic (exact) mass is 410 g/mol. The van der Waals surface area contributed by atoms with Crippen molar-refractivity contribution in [3.63, 3.8) is 0 Å². The van der Waals surface area contributed by atoms with Gasteiger partial charge in [0.05, 0.1) is 11.1 Å². The largest absolute Gasteiger partial charge is 0.354 e. The summed E-state index contributed by atoms with van der Waals surface area (Å²) >= 11 is 1.65. The van der Waals surface area contributed by atoms with Crippen molar-refractivity contribution in [2.75, 3.05) is 13.1 Å². The Morgan fingerprint density at radius 2 is 1.79 bits per heavy atom. The molecule has 9 nitrogen and oxygen atoms in total. The molecule has 0 fully saturated rings. The van der Waals surface area contributed by atoms with Gasteiger partial charge in [0, 0.05) is 24.4 Å². The van der Waals surface area contributed by atoms with E-state index >= 15 is 0 Å². The van der Waals surface area contributed by atoms with E-state index in [9.17, 15) is 14.4 Å². The number of amides is 3. The molecule has 1 N–H and O–H groups in total. The van der Waals surface area contributed by atoms with Gasteiger partial charge in [-0.15, -0.1) is 21.5 Å². The van der Waals surface area contributed by atoms with Gasteiger partial charge in [-0.05, 0) is 35.2 Å². The summed E-state index contributed by atoms with van der Waals surface area (Å²) in [7, 11) is 0. The van der Waals surface area contributed by atoms with Crippen LogP contribution in [0.25, 0.3) is 0 Å². The zero-order chi connectivity index (χ0) is 20.2. The summed E-state index contributed by atoms with van der Waals surface area (Å²) < 4.78 is 0. The summed E-state index contributed by atoms with van der Waals surface area (Å²) in [6, 6.07) is 10.7. The molecule has 1 aliphatic heterocycles. The molecule has 1 aromatic carbocycles. The minimum Gasteiger partial charge on any atom is -0.354 e. The number of tetrazole rings is 1. The van der Waals surface area contributed by atoms with Gasteiger partial charge in [-0.3, -0.25) is 19.3 Å². The first-order chi connectivity index (χ1) is 14.1. The molecule has 0 atom stereocenters. The fraction of sp³-hybridized carbons (Fsp3) is 0.263. The van der Waals surface area contributed by atoms with Crippen LogP contribution in [0.3, 0.4) is 0 Å². The van der Waals surface area contributed by atoms with Crippen molar-refractivity contribution >= 4 is 29.1 Å². The highest BCUT2D eigenvalue weighted by Crippen LogP contribution is 2.22. The number of aromatic nitrogens is 4. The van der Waals surface area contributed by atoms with E-state index in [2.05, 4.69) is 20.7 Å². The minimum atomic E-state index is -0.317. The molecule has 4 rings (SSSR count). The molecular formula is C19H18N6O3S. The highest BCUT2D eigenvalue weighted by Gasteiger charge is 2.34. The molecule has 3 aromatic rings. The topological polar surface area (TPSA) is 110 Å². The van der Waals surface area contributed by atoms with E-state index in [-0.39, 0.29) is 37.2 Å². The average molecular weight is 410 g/mol. The number of nitrogens with one attached hydrogen (secondary N) is 1. The molecule has 1 aliphatic rings. The number of benzene rings is 1. The molecule has 148 valence electrons. The van der Waals surface area contributed by atoms with Crippen LogP contribution < -0.4 is 5.32 Å². The zero-order valence-electron chi connectivity index (χ0n) is 15.4. The summed E-state index contributed by atoms with van der Waals surface area (Å²) in [6.07, 6.45) is 1.05. The van der Waals surface area contributed by atoms with E-state index in [1.807, 2.05) is 17.5 Å². The number of hydrogen-bond donors (Lipinski definition) is 1. The first-order valence-electron chi connectivity index (χ1n) is 9.13. The molecule has 0 radical (unpaired) electrons. The van der Waals surface area contributed by atoms with E-state index in [1.165, 1.54) is 14.6 Å². The van der Waals surface area contributed by atoms with E-state index < -0.39 is 0 Å². The third-order valence-corrected chi connectivity index (χ3v) is 5.43. The normalized spacial score (nSPS) is 13.0. The summed E-state index contributed by atoms with van der Waals surface area (Å²) in [5.41, 5.74) is 0.821. The number of carbonyl (C=O) groups excluding carboxylic acids is 3. The van der Waals surface area contributed by atoms with Gasteiger partial charge in [0.15, 0.2) is 5.82 Å². The number of rotatable bonds is 8. The quantitative estimate of drug-likeness (QED) is 0.553. The Kier molecular flexibility index (Phi) is 5.43. The fourth-order valence-electron chi connectivity index (χ4n) is 3.06. The smallest absolute Gasteiger partial charge is 0.261 e. The standard InChI is InChI=1S/C19H18N6O3S/c26-17(20-9-7-13-4-3-11-29-13)12-25-22-16(21-23-25)8-10-24-18(27)14-5-1-2-6-15(14)19(24)28/h1-6,11H,7-10,12H2,(H,20,26). The van der Waals surface area contributed by atoms with Gasteiger partial charge in [0.2, 0.25) is 5.91 Å². The Bertz CT molecular complexity index is 1010. The number of carbonyl (C=O) groups is 3. The molecule has 0 unspecified atom stereocenters. The predicted molar refractivity (Wildman–Crippen MR) is 104 cm³/mol. The first kappa shape index (κ1) is 18.9. The van der Waals surface area contributed by atoms with E-state index in [1.54, 1.807) is 35.6 Å². The number of fused-ring (bicyclic) bond motifs is 1. The molecular weight excluding hydrogens is 392 g/mol. The van der Waals surface area contributed by atoms with Gasteiger partial charge >= 0.3 is 0 Å². The van der Waals surface area contributed by atoms with Crippen molar-refractivity contribution in [1.29, 1.82) is 0 Å². The lowest BCUT2D eigenvalue weighted by molar-refractivity contribution is -0.122. The first-order valence-corrected chi connectivity index (χ1v) is 10.0. The maximum absolute atomic E-state index is 12.4. The summed E-state index contributed by atoms with van der Waals surface area (Å²) in [5.74, 6) is -0.468. The second kappa shape index (κ2) is 8.31. The van der Waals surface area contributed by atoms with Gasteiger partial charge in [-0.2, -0.15) is 4.80 Å². The molecule has 0 saturated carbocycles. The summed E-state index contributed by atoms with van der Waals surface area (Å²) in [5, 5.41) is 16.7. The molecule has 0 saturated heterocycles. The molecule has 3 heterocycles. The van der Waals surface area contributed by atoms with Crippen molar-refractivity contribution in [3.8, 4) is 0 Å². The van der Waals surface area contributed by atoms with Crippen LogP contribution in [0.4, 0.5) is 0 Å². The molecule has 0 bridgehead atoms. The molecule has 0 aliphatic carbocycles. The van der Waals surface area contributed by atoms with Crippen LogP contribution in [0.15, 0.2) is 41.8 Å². The lowest BCUT2D eigenvalue weighted by atomic mass is 10.1. The van der Waals surface area contributed by atoms with Gasteiger partial charge in [0.25, 0.3) is 11.8 Å². The molecule has 3 amide bonds. The van der Waals surface area contributed by atoms with E-state index in [0.29, 0.717) is 23.5 Å². The Labute approximate surface area is 170 Å². The molecule has 29 heavy (non-hydrogen) atoms. The SMILES string of the molecule is O=C(Cn1nnc(CCN2C(=O)c3ccccc3C2=O)n1)NCCc1cccs1. The van der Waals surface area contributed by atoms with Crippen LogP contribution in [-0.4, -0.2) is 55.9 Å². The second-order valence-electron chi connectivity index (χ2n) is 6.47. The fourth-order valence-corrected chi connectivity index (χ4v) is 3.77. The predicted octanol–water partition coefficient (Wildman–Crippen LogP) is 0.932. The maximum atomic E-state index is 12.4. The Hall–Kier alpha value is -3.40. The Balaban J connectivity index is 1.26.